The molecule has 1 aliphatic rings. The van der Waals surface area contributed by atoms with Gasteiger partial charge in [-0.3, -0.25) is 0 Å². The fraction of sp³-hybridized carbons (Fsp3) is 0.375. The minimum atomic E-state index is -3.58. The van der Waals surface area contributed by atoms with E-state index < -0.39 is 10.0 Å². The smallest absolute Gasteiger partial charge is 0.248 e. The van der Waals surface area contributed by atoms with Gasteiger partial charge in [-0.1, -0.05) is 5.16 Å². The molecule has 0 aliphatic carbocycles. The summed E-state index contributed by atoms with van der Waals surface area (Å²) in [5.74, 6) is 0.338. The maximum Gasteiger partial charge on any atom is 0.248 e. The van der Waals surface area contributed by atoms with Crippen molar-refractivity contribution in [3.63, 3.8) is 0 Å². The summed E-state index contributed by atoms with van der Waals surface area (Å²) in [7, 11) is -3.58. The van der Waals surface area contributed by atoms with Gasteiger partial charge in [-0.2, -0.15) is 15.6 Å². The first-order valence-corrected chi connectivity index (χ1v) is 11.4. The lowest BCUT2D eigenvalue weighted by Crippen LogP contribution is -2.48. The van der Waals surface area contributed by atoms with Gasteiger partial charge in [-0.05, 0) is 25.3 Å². The van der Waals surface area contributed by atoms with Crippen LogP contribution in [0.3, 0.4) is 0 Å². The van der Waals surface area contributed by atoms with E-state index in [2.05, 4.69) is 21.5 Å². The molecule has 1 fully saturated rings. The number of thiazole rings is 1. The van der Waals surface area contributed by atoms with Gasteiger partial charge in [0, 0.05) is 42.5 Å². The average molecular weight is 411 g/mol. The number of piperazine rings is 1. The number of thiophene rings is 1. The first kappa shape index (κ1) is 17.7. The topological polar surface area (TPSA) is 79.5 Å². The fourth-order valence-electron chi connectivity index (χ4n) is 3.04. The number of aromatic nitrogens is 2. The standard InChI is InChI=1S/C16H18N4O3S3/c1-11-15(12(2)23-18-11)26(21,22)20-6-4-19(5-7-20)16-17-14(10-25-16)13-3-8-24-9-13/h3,8-10H,4-7H2,1-2H3. The van der Waals surface area contributed by atoms with Crippen LogP contribution >= 0.6 is 22.7 Å². The zero-order valence-corrected chi connectivity index (χ0v) is 16.8. The first-order valence-electron chi connectivity index (χ1n) is 8.13. The molecule has 4 rings (SSSR count). The Hall–Kier alpha value is -1.75. The Morgan fingerprint density at radius 3 is 2.54 bits per heavy atom. The monoisotopic (exact) mass is 410 g/mol. The number of anilines is 1. The molecule has 0 amide bonds. The first-order chi connectivity index (χ1) is 12.5. The van der Waals surface area contributed by atoms with Crippen LogP contribution in [-0.4, -0.2) is 49.0 Å². The zero-order chi connectivity index (χ0) is 18.3. The van der Waals surface area contributed by atoms with Gasteiger partial charge >= 0.3 is 0 Å². The van der Waals surface area contributed by atoms with Crippen LogP contribution in [0.4, 0.5) is 5.13 Å². The highest BCUT2D eigenvalue weighted by molar-refractivity contribution is 7.89. The van der Waals surface area contributed by atoms with E-state index in [0.29, 0.717) is 37.6 Å². The normalized spacial score (nSPS) is 16.3. The molecule has 138 valence electrons. The SMILES string of the molecule is Cc1noc(C)c1S(=O)(=O)N1CCN(c2nc(-c3ccsc3)cs2)CC1. The summed E-state index contributed by atoms with van der Waals surface area (Å²) >= 11 is 3.24. The number of nitrogens with zero attached hydrogens (tertiary/aromatic N) is 4. The minimum Gasteiger partial charge on any atom is -0.360 e. The lowest BCUT2D eigenvalue weighted by molar-refractivity contribution is 0.378. The van der Waals surface area contributed by atoms with Gasteiger partial charge in [-0.15, -0.1) is 11.3 Å². The summed E-state index contributed by atoms with van der Waals surface area (Å²) in [6.07, 6.45) is 0. The van der Waals surface area contributed by atoms with E-state index in [1.165, 1.54) is 4.31 Å². The third kappa shape index (κ3) is 3.07. The van der Waals surface area contributed by atoms with E-state index in [4.69, 9.17) is 9.51 Å². The molecule has 0 atom stereocenters. The van der Waals surface area contributed by atoms with Crippen LogP contribution < -0.4 is 4.90 Å². The molecule has 10 heteroatoms. The summed E-state index contributed by atoms with van der Waals surface area (Å²) in [5, 5.41) is 10.9. The number of rotatable bonds is 4. The van der Waals surface area contributed by atoms with Crippen LogP contribution in [0.2, 0.25) is 0 Å². The fourth-order valence-corrected chi connectivity index (χ4v) is 6.30. The van der Waals surface area contributed by atoms with Crippen molar-refractivity contribution in [2.75, 3.05) is 31.1 Å². The molecule has 0 spiro atoms. The molecule has 3 aromatic rings. The Morgan fingerprint density at radius 1 is 1.15 bits per heavy atom. The molecule has 0 saturated carbocycles. The van der Waals surface area contributed by atoms with Crippen molar-refractivity contribution in [1.82, 2.24) is 14.4 Å². The summed E-state index contributed by atoms with van der Waals surface area (Å²) in [5.41, 5.74) is 2.50. The van der Waals surface area contributed by atoms with Crippen molar-refractivity contribution >= 4 is 37.8 Å². The molecular formula is C16H18N4O3S3. The number of sulfonamides is 1. The summed E-state index contributed by atoms with van der Waals surface area (Å²) in [6, 6.07) is 2.05. The Morgan fingerprint density at radius 2 is 1.92 bits per heavy atom. The van der Waals surface area contributed by atoms with Gasteiger partial charge < -0.3 is 9.42 Å². The van der Waals surface area contributed by atoms with Crippen LogP contribution in [0.5, 0.6) is 0 Å². The lowest BCUT2D eigenvalue weighted by atomic mass is 10.3. The van der Waals surface area contributed by atoms with Crippen LogP contribution in [0.1, 0.15) is 11.5 Å². The number of hydrogen-bond acceptors (Lipinski definition) is 8. The molecule has 26 heavy (non-hydrogen) atoms. The minimum absolute atomic E-state index is 0.194. The van der Waals surface area contributed by atoms with Gasteiger partial charge in [0.2, 0.25) is 10.0 Å². The predicted octanol–water partition coefficient (Wildman–Crippen LogP) is 2.99. The average Bonchev–Trinajstić information content (AvgIpc) is 3.35. The largest absolute Gasteiger partial charge is 0.360 e. The van der Waals surface area contributed by atoms with E-state index >= 15 is 0 Å². The molecule has 0 aromatic carbocycles. The molecule has 1 saturated heterocycles. The molecule has 0 unspecified atom stereocenters. The summed E-state index contributed by atoms with van der Waals surface area (Å²) in [4.78, 5) is 7.03. The van der Waals surface area contributed by atoms with Gasteiger partial charge in [-0.25, -0.2) is 13.4 Å². The molecule has 1 aliphatic heterocycles. The third-order valence-corrected chi connectivity index (χ3v) is 8.11. The van der Waals surface area contributed by atoms with Crippen LogP contribution in [0.25, 0.3) is 11.3 Å². The Balaban J connectivity index is 1.48. The lowest BCUT2D eigenvalue weighted by Gasteiger charge is -2.33. The van der Waals surface area contributed by atoms with E-state index in [0.717, 1.165) is 16.4 Å². The summed E-state index contributed by atoms with van der Waals surface area (Å²) < 4.78 is 32.3. The van der Waals surface area contributed by atoms with Crippen LogP contribution in [-0.2, 0) is 10.0 Å². The Kier molecular flexibility index (Phi) is 4.59. The van der Waals surface area contributed by atoms with E-state index in [1.807, 2.05) is 10.8 Å². The van der Waals surface area contributed by atoms with E-state index in [9.17, 15) is 8.42 Å². The second-order valence-corrected chi connectivity index (χ2v) is 9.56. The van der Waals surface area contributed by atoms with Crippen molar-refractivity contribution in [3.05, 3.63) is 33.7 Å². The number of hydrogen-bond donors (Lipinski definition) is 0. The predicted molar refractivity (Wildman–Crippen MR) is 102 cm³/mol. The van der Waals surface area contributed by atoms with E-state index in [1.54, 1.807) is 36.5 Å². The molecule has 3 aromatic heterocycles. The zero-order valence-electron chi connectivity index (χ0n) is 14.4. The van der Waals surface area contributed by atoms with Crippen molar-refractivity contribution in [3.8, 4) is 11.3 Å². The highest BCUT2D eigenvalue weighted by Gasteiger charge is 2.33. The van der Waals surface area contributed by atoms with Crippen molar-refractivity contribution < 1.29 is 12.9 Å². The van der Waals surface area contributed by atoms with E-state index in [-0.39, 0.29) is 4.90 Å². The molecule has 0 bridgehead atoms. The maximum atomic E-state index is 12.9. The van der Waals surface area contributed by atoms with Crippen molar-refractivity contribution in [2.45, 2.75) is 18.7 Å². The molecule has 4 heterocycles. The van der Waals surface area contributed by atoms with Crippen molar-refractivity contribution in [2.24, 2.45) is 0 Å². The second kappa shape index (κ2) is 6.76. The highest BCUT2D eigenvalue weighted by atomic mass is 32.2. The molecular weight excluding hydrogens is 392 g/mol. The van der Waals surface area contributed by atoms with Gasteiger partial charge in [0.1, 0.15) is 10.6 Å². The highest BCUT2D eigenvalue weighted by Crippen LogP contribution is 2.30. The second-order valence-electron chi connectivity index (χ2n) is 6.07. The Bertz CT molecular complexity index is 980. The van der Waals surface area contributed by atoms with Crippen molar-refractivity contribution in [1.29, 1.82) is 0 Å². The van der Waals surface area contributed by atoms with Gasteiger partial charge in [0.25, 0.3) is 0 Å². The van der Waals surface area contributed by atoms with Gasteiger partial charge in [0.15, 0.2) is 10.9 Å². The molecule has 7 nitrogen and oxygen atoms in total. The summed E-state index contributed by atoms with van der Waals surface area (Å²) in [6.45, 7) is 5.34. The number of aryl methyl sites for hydroxylation is 2. The van der Waals surface area contributed by atoms with Gasteiger partial charge in [0.05, 0.1) is 5.69 Å². The molecule has 0 radical (unpaired) electrons. The Labute approximate surface area is 159 Å². The third-order valence-electron chi connectivity index (χ3n) is 4.38. The van der Waals surface area contributed by atoms with Crippen LogP contribution in [0.15, 0.2) is 31.6 Å². The van der Waals surface area contributed by atoms with Crippen LogP contribution in [0, 0.1) is 13.8 Å². The quantitative estimate of drug-likeness (QED) is 0.658. The molecule has 0 N–H and O–H groups in total. The maximum absolute atomic E-state index is 12.9.